The van der Waals surface area contributed by atoms with Crippen molar-refractivity contribution in [3.63, 3.8) is 0 Å². The van der Waals surface area contributed by atoms with E-state index < -0.39 is 30.3 Å². The van der Waals surface area contributed by atoms with E-state index in [2.05, 4.69) is 4.18 Å². The van der Waals surface area contributed by atoms with E-state index in [1.54, 1.807) is 0 Å². The van der Waals surface area contributed by atoms with Gasteiger partial charge in [-0.1, -0.05) is 6.92 Å². The van der Waals surface area contributed by atoms with E-state index in [0.717, 1.165) is 0 Å². The second-order valence-electron chi connectivity index (χ2n) is 2.36. The molecule has 13 heavy (non-hydrogen) atoms. The molecule has 7 nitrogen and oxygen atoms in total. The Morgan fingerprint density at radius 1 is 1.46 bits per heavy atom. The van der Waals surface area contributed by atoms with Crippen molar-refractivity contribution < 1.29 is 31.5 Å². The van der Waals surface area contributed by atoms with Gasteiger partial charge in [0.15, 0.2) is 0 Å². The molecule has 1 atom stereocenters. The predicted molar refractivity (Wildman–Crippen MR) is 43.6 cm³/mol. The van der Waals surface area contributed by atoms with Crippen molar-refractivity contribution in [2.45, 2.75) is 19.0 Å². The third-order valence-corrected chi connectivity index (χ3v) is 3.26. The molecule has 0 saturated heterocycles. The smallest absolute Gasteiger partial charge is 0.324 e. The van der Waals surface area contributed by atoms with Gasteiger partial charge >= 0.3 is 18.0 Å². The van der Waals surface area contributed by atoms with E-state index in [9.17, 15) is 13.0 Å². The molecule has 0 aliphatic heterocycles. The van der Waals surface area contributed by atoms with Crippen molar-refractivity contribution in [3.05, 3.63) is 0 Å². The summed E-state index contributed by atoms with van der Waals surface area (Å²) in [6, 6.07) is 0. The molecule has 0 aromatic heterocycles. The van der Waals surface area contributed by atoms with E-state index in [1.807, 2.05) is 0 Å². The Morgan fingerprint density at radius 3 is 2.15 bits per heavy atom. The maximum Gasteiger partial charge on any atom is 0.397 e. The van der Waals surface area contributed by atoms with Crippen LogP contribution in [-0.4, -0.2) is 35.0 Å². The Balaban J connectivity index is 4.26. The molecule has 0 fully saturated rings. The molecular formula is C4H11O7PS. The van der Waals surface area contributed by atoms with Crippen molar-refractivity contribution in [2.24, 2.45) is 0 Å². The first-order valence-corrected chi connectivity index (χ1v) is 6.38. The first-order chi connectivity index (χ1) is 5.67. The van der Waals surface area contributed by atoms with Crippen LogP contribution in [-0.2, 0) is 19.1 Å². The summed E-state index contributed by atoms with van der Waals surface area (Å²) in [4.78, 5) is 17.3. The van der Waals surface area contributed by atoms with Gasteiger partial charge in [-0.2, -0.15) is 8.42 Å². The molecule has 0 radical (unpaired) electrons. The molecule has 0 aromatic carbocycles. The van der Waals surface area contributed by atoms with Gasteiger partial charge in [-0.3, -0.25) is 9.12 Å². The highest BCUT2D eigenvalue weighted by Crippen LogP contribution is 2.42. The summed E-state index contributed by atoms with van der Waals surface area (Å²) in [6.07, 6.45) is 0.0554. The Hall–Kier alpha value is 0.0200. The van der Waals surface area contributed by atoms with Crippen LogP contribution in [0.4, 0.5) is 0 Å². The summed E-state index contributed by atoms with van der Waals surface area (Å²) < 4.78 is 42.7. The first-order valence-electron chi connectivity index (χ1n) is 3.34. The van der Waals surface area contributed by atoms with Gasteiger partial charge in [0.25, 0.3) is 0 Å². The fourth-order valence-electron chi connectivity index (χ4n) is 0.617. The minimum Gasteiger partial charge on any atom is -0.324 e. The lowest BCUT2D eigenvalue weighted by atomic mass is 10.3. The Labute approximate surface area is 75.8 Å². The van der Waals surface area contributed by atoms with Crippen LogP contribution < -0.4 is 0 Å². The normalized spacial score (nSPS) is 15.7. The van der Waals surface area contributed by atoms with Gasteiger partial charge in [-0.15, -0.1) is 0 Å². The predicted octanol–water partition coefficient (Wildman–Crippen LogP) is -0.238. The van der Waals surface area contributed by atoms with Crippen LogP contribution in [0.25, 0.3) is 0 Å². The molecular weight excluding hydrogens is 223 g/mol. The van der Waals surface area contributed by atoms with Crippen molar-refractivity contribution in [2.75, 3.05) is 6.61 Å². The zero-order valence-corrected chi connectivity index (χ0v) is 8.53. The summed E-state index contributed by atoms with van der Waals surface area (Å²) in [6.45, 7) is 0.747. The highest BCUT2D eigenvalue weighted by atomic mass is 32.3. The fourth-order valence-corrected chi connectivity index (χ4v) is 1.80. The van der Waals surface area contributed by atoms with Gasteiger partial charge in [0.05, 0.1) is 12.3 Å². The van der Waals surface area contributed by atoms with E-state index in [0.29, 0.717) is 0 Å². The van der Waals surface area contributed by atoms with E-state index in [4.69, 9.17) is 14.3 Å². The number of hydrogen-bond donors (Lipinski definition) is 3. The zero-order valence-electron chi connectivity index (χ0n) is 6.82. The molecule has 80 valence electrons. The van der Waals surface area contributed by atoms with Crippen LogP contribution in [0.15, 0.2) is 0 Å². The molecule has 1 unspecified atom stereocenters. The second-order valence-corrected chi connectivity index (χ2v) is 5.36. The lowest BCUT2D eigenvalue weighted by Crippen LogP contribution is -2.18. The minimum atomic E-state index is -4.63. The van der Waals surface area contributed by atoms with Gasteiger partial charge < -0.3 is 9.79 Å². The molecule has 3 N–H and O–H groups in total. The van der Waals surface area contributed by atoms with Crippen molar-refractivity contribution in [3.8, 4) is 0 Å². The lowest BCUT2D eigenvalue weighted by molar-refractivity contribution is 0.250. The molecule has 0 aromatic rings. The third-order valence-electron chi connectivity index (χ3n) is 1.36. The lowest BCUT2D eigenvalue weighted by Gasteiger charge is -2.14. The quantitative estimate of drug-likeness (QED) is 0.443. The van der Waals surface area contributed by atoms with Crippen LogP contribution in [0, 0.1) is 0 Å². The largest absolute Gasteiger partial charge is 0.397 e. The van der Waals surface area contributed by atoms with Crippen LogP contribution >= 0.6 is 7.60 Å². The molecule has 0 aliphatic rings. The average Bonchev–Trinajstić information content (AvgIpc) is 1.82. The second kappa shape index (κ2) is 4.50. The Bertz CT molecular complexity index is 290. The highest BCUT2D eigenvalue weighted by molar-refractivity contribution is 7.80. The van der Waals surface area contributed by atoms with Crippen LogP contribution in [0.2, 0.25) is 0 Å². The topological polar surface area (TPSA) is 121 Å². The maximum atomic E-state index is 10.6. The SMILES string of the molecule is CCC(COS(=O)(=O)O)P(=O)(O)O. The number of hydrogen-bond acceptors (Lipinski definition) is 4. The molecule has 9 heteroatoms. The van der Waals surface area contributed by atoms with Gasteiger partial charge in [-0.25, -0.2) is 4.18 Å². The number of rotatable bonds is 5. The van der Waals surface area contributed by atoms with Crippen LogP contribution in [0.3, 0.4) is 0 Å². The molecule has 0 saturated carbocycles. The molecule has 0 heterocycles. The monoisotopic (exact) mass is 234 g/mol. The fraction of sp³-hybridized carbons (Fsp3) is 1.00. The van der Waals surface area contributed by atoms with E-state index in [-0.39, 0.29) is 6.42 Å². The van der Waals surface area contributed by atoms with E-state index >= 15 is 0 Å². The summed E-state index contributed by atoms with van der Waals surface area (Å²) in [7, 11) is -9.00. The van der Waals surface area contributed by atoms with Crippen molar-refractivity contribution in [1.29, 1.82) is 0 Å². The molecule has 0 aliphatic carbocycles. The maximum absolute atomic E-state index is 10.6. The third kappa shape index (κ3) is 6.14. The van der Waals surface area contributed by atoms with Crippen LogP contribution in [0.5, 0.6) is 0 Å². The van der Waals surface area contributed by atoms with Gasteiger partial charge in [0, 0.05) is 0 Å². The van der Waals surface area contributed by atoms with Gasteiger partial charge in [0.2, 0.25) is 0 Å². The highest BCUT2D eigenvalue weighted by Gasteiger charge is 2.28. The van der Waals surface area contributed by atoms with Crippen molar-refractivity contribution in [1.82, 2.24) is 0 Å². The summed E-state index contributed by atoms with van der Waals surface area (Å²) in [5.74, 6) is 0. The van der Waals surface area contributed by atoms with Gasteiger partial charge in [-0.05, 0) is 6.42 Å². The van der Waals surface area contributed by atoms with Crippen LogP contribution in [0.1, 0.15) is 13.3 Å². The minimum absolute atomic E-state index is 0.0554. The summed E-state index contributed by atoms with van der Waals surface area (Å²) in [5, 5.41) is 0. The zero-order chi connectivity index (χ0) is 10.7. The molecule has 0 spiro atoms. The molecule has 0 amide bonds. The molecule has 0 bridgehead atoms. The van der Waals surface area contributed by atoms with Gasteiger partial charge in [0.1, 0.15) is 0 Å². The summed E-state index contributed by atoms with van der Waals surface area (Å²) in [5.41, 5.74) is -1.21. The van der Waals surface area contributed by atoms with Crippen molar-refractivity contribution >= 4 is 18.0 Å². The Morgan fingerprint density at radius 2 is 1.92 bits per heavy atom. The first kappa shape index (κ1) is 13.0. The van der Waals surface area contributed by atoms with E-state index in [1.165, 1.54) is 6.92 Å². The summed E-state index contributed by atoms with van der Waals surface area (Å²) >= 11 is 0. The Kier molecular flexibility index (Phi) is 4.50. The average molecular weight is 234 g/mol. The standard InChI is InChI=1S/C4H11O7PS/c1-2-4(12(5,6)7)3-11-13(8,9)10/h4H,2-3H2,1H3,(H2,5,6,7)(H,8,9,10). The molecule has 0 rings (SSSR count).